The lowest BCUT2D eigenvalue weighted by atomic mass is 10.2. The lowest BCUT2D eigenvalue weighted by Crippen LogP contribution is -2.30. The second kappa shape index (κ2) is 6.49. The maximum absolute atomic E-state index is 13.0. The van der Waals surface area contributed by atoms with E-state index in [0.29, 0.717) is 12.4 Å². The van der Waals surface area contributed by atoms with E-state index in [9.17, 15) is 13.2 Å². The van der Waals surface area contributed by atoms with Gasteiger partial charge < -0.3 is 10.2 Å². The topological polar surface area (TPSA) is 41.1 Å². The maximum atomic E-state index is 13.0. The minimum Gasteiger partial charge on any atom is -0.357 e. The lowest BCUT2D eigenvalue weighted by Gasteiger charge is -2.26. The number of aromatic nitrogens is 2. The molecule has 0 unspecified atom stereocenters. The Morgan fingerprint density at radius 1 is 1.29 bits per heavy atom. The van der Waals surface area contributed by atoms with Crippen molar-refractivity contribution in [1.82, 2.24) is 9.97 Å². The molecule has 0 bridgehead atoms. The van der Waals surface area contributed by atoms with Crippen LogP contribution in [0, 0.1) is 0 Å². The van der Waals surface area contributed by atoms with E-state index >= 15 is 0 Å². The molecule has 0 aromatic carbocycles. The number of rotatable bonds is 5. The molecule has 1 saturated carbocycles. The normalized spacial score (nSPS) is 16.2. The van der Waals surface area contributed by atoms with Crippen LogP contribution in [0.4, 0.5) is 24.9 Å². The molecule has 4 nitrogen and oxygen atoms in total. The van der Waals surface area contributed by atoms with Gasteiger partial charge in [0.05, 0.1) is 0 Å². The lowest BCUT2D eigenvalue weighted by molar-refractivity contribution is -0.141. The van der Waals surface area contributed by atoms with Gasteiger partial charge in [0.25, 0.3) is 0 Å². The quantitative estimate of drug-likeness (QED) is 0.900. The fourth-order valence-electron chi connectivity index (χ4n) is 2.55. The first-order valence-electron chi connectivity index (χ1n) is 7.34. The van der Waals surface area contributed by atoms with Crippen LogP contribution in [-0.4, -0.2) is 29.6 Å². The molecule has 2 rings (SSSR count). The van der Waals surface area contributed by atoms with E-state index in [0.717, 1.165) is 38.2 Å². The minimum absolute atomic E-state index is 0.0477. The smallest absolute Gasteiger partial charge is 0.357 e. The molecule has 1 fully saturated rings. The number of alkyl halides is 3. The first-order chi connectivity index (χ1) is 9.91. The molecule has 21 heavy (non-hydrogen) atoms. The SMILES string of the molecule is CCCNc1nc(N(C)C2CCCC2)cc(C(F)(F)F)n1. The Hall–Kier alpha value is -1.53. The summed E-state index contributed by atoms with van der Waals surface area (Å²) in [6.07, 6.45) is 0.573. The number of nitrogens with one attached hydrogen (secondary N) is 1. The Morgan fingerprint density at radius 3 is 2.52 bits per heavy atom. The van der Waals surface area contributed by atoms with Crippen LogP contribution in [0.15, 0.2) is 6.07 Å². The van der Waals surface area contributed by atoms with Crippen molar-refractivity contribution in [2.24, 2.45) is 0 Å². The summed E-state index contributed by atoms with van der Waals surface area (Å²) in [6, 6.07) is 1.30. The second-order valence-electron chi connectivity index (χ2n) is 5.41. The third-order valence-corrected chi connectivity index (χ3v) is 3.77. The number of anilines is 2. The minimum atomic E-state index is -4.46. The highest BCUT2D eigenvalue weighted by Crippen LogP contribution is 2.32. The largest absolute Gasteiger partial charge is 0.433 e. The molecule has 1 aromatic rings. The monoisotopic (exact) mass is 302 g/mol. The van der Waals surface area contributed by atoms with Gasteiger partial charge in [0, 0.05) is 25.7 Å². The fourth-order valence-corrected chi connectivity index (χ4v) is 2.55. The number of nitrogens with zero attached hydrogens (tertiary/aromatic N) is 3. The predicted octanol–water partition coefficient (Wildman–Crippen LogP) is 3.70. The van der Waals surface area contributed by atoms with E-state index in [4.69, 9.17) is 0 Å². The van der Waals surface area contributed by atoms with Gasteiger partial charge in [-0.2, -0.15) is 18.2 Å². The first-order valence-corrected chi connectivity index (χ1v) is 7.34. The van der Waals surface area contributed by atoms with Crippen molar-refractivity contribution < 1.29 is 13.2 Å². The van der Waals surface area contributed by atoms with E-state index < -0.39 is 11.9 Å². The van der Waals surface area contributed by atoms with Crippen LogP contribution in [-0.2, 0) is 6.18 Å². The van der Waals surface area contributed by atoms with Crippen molar-refractivity contribution >= 4 is 11.8 Å². The van der Waals surface area contributed by atoms with Crippen LogP contribution in [0.1, 0.15) is 44.7 Å². The molecule has 1 aliphatic rings. The summed E-state index contributed by atoms with van der Waals surface area (Å²) < 4.78 is 38.9. The Morgan fingerprint density at radius 2 is 1.95 bits per heavy atom. The van der Waals surface area contributed by atoms with E-state index in [1.54, 1.807) is 0 Å². The van der Waals surface area contributed by atoms with Gasteiger partial charge in [-0.1, -0.05) is 19.8 Å². The van der Waals surface area contributed by atoms with Gasteiger partial charge in [-0.25, -0.2) is 4.98 Å². The fraction of sp³-hybridized carbons (Fsp3) is 0.714. The Labute approximate surface area is 122 Å². The van der Waals surface area contributed by atoms with Gasteiger partial charge in [-0.05, 0) is 19.3 Å². The molecule has 0 spiro atoms. The van der Waals surface area contributed by atoms with Crippen LogP contribution in [0.25, 0.3) is 0 Å². The molecule has 1 aromatic heterocycles. The second-order valence-corrected chi connectivity index (χ2v) is 5.41. The molecule has 0 radical (unpaired) electrons. The van der Waals surface area contributed by atoms with Crippen molar-refractivity contribution in [2.75, 3.05) is 23.8 Å². The zero-order valence-electron chi connectivity index (χ0n) is 12.4. The number of hydrogen-bond acceptors (Lipinski definition) is 4. The summed E-state index contributed by atoms with van der Waals surface area (Å²) in [6.45, 7) is 2.49. The summed E-state index contributed by atoms with van der Waals surface area (Å²) in [7, 11) is 1.81. The zero-order chi connectivity index (χ0) is 15.5. The summed E-state index contributed by atoms with van der Waals surface area (Å²) in [5, 5.41) is 2.84. The highest BCUT2D eigenvalue weighted by Gasteiger charge is 2.34. The summed E-state index contributed by atoms with van der Waals surface area (Å²) in [4.78, 5) is 9.66. The highest BCUT2D eigenvalue weighted by atomic mass is 19.4. The van der Waals surface area contributed by atoms with Gasteiger partial charge in [-0.15, -0.1) is 0 Å². The molecule has 1 N–H and O–H groups in total. The zero-order valence-corrected chi connectivity index (χ0v) is 12.4. The van der Waals surface area contributed by atoms with E-state index in [1.165, 1.54) is 0 Å². The molecule has 7 heteroatoms. The van der Waals surface area contributed by atoms with Crippen LogP contribution >= 0.6 is 0 Å². The number of halogens is 3. The number of hydrogen-bond donors (Lipinski definition) is 1. The molecule has 118 valence electrons. The van der Waals surface area contributed by atoms with Crippen molar-refractivity contribution in [3.63, 3.8) is 0 Å². The molecule has 1 heterocycles. The van der Waals surface area contributed by atoms with Crippen LogP contribution in [0.3, 0.4) is 0 Å². The molecule has 0 saturated heterocycles. The average Bonchev–Trinajstić information content (AvgIpc) is 2.97. The van der Waals surface area contributed by atoms with E-state index in [2.05, 4.69) is 15.3 Å². The van der Waals surface area contributed by atoms with Gasteiger partial charge in [-0.3, -0.25) is 0 Å². The van der Waals surface area contributed by atoms with Crippen LogP contribution < -0.4 is 10.2 Å². The predicted molar refractivity (Wildman–Crippen MR) is 76.5 cm³/mol. The van der Waals surface area contributed by atoms with Crippen molar-refractivity contribution in [2.45, 2.75) is 51.2 Å². The molecule has 1 aliphatic carbocycles. The Kier molecular flexibility index (Phi) is 4.90. The van der Waals surface area contributed by atoms with Crippen LogP contribution in [0.2, 0.25) is 0 Å². The molecule has 0 aliphatic heterocycles. The van der Waals surface area contributed by atoms with Gasteiger partial charge in [0.15, 0.2) is 5.69 Å². The van der Waals surface area contributed by atoms with Gasteiger partial charge >= 0.3 is 6.18 Å². The van der Waals surface area contributed by atoms with Crippen LogP contribution in [0.5, 0.6) is 0 Å². The first kappa shape index (κ1) is 15.9. The third kappa shape index (κ3) is 3.98. The van der Waals surface area contributed by atoms with Crippen molar-refractivity contribution in [3.05, 3.63) is 11.8 Å². The average molecular weight is 302 g/mol. The molecular weight excluding hydrogens is 281 g/mol. The van der Waals surface area contributed by atoms with E-state index in [1.807, 2.05) is 18.9 Å². The maximum Gasteiger partial charge on any atom is 0.433 e. The summed E-state index contributed by atoms with van der Waals surface area (Å²) in [5.74, 6) is 0.384. The van der Waals surface area contributed by atoms with Gasteiger partial charge in [0.2, 0.25) is 5.95 Å². The van der Waals surface area contributed by atoms with Gasteiger partial charge in [0.1, 0.15) is 5.82 Å². The Balaban J connectivity index is 2.29. The van der Waals surface area contributed by atoms with Crippen molar-refractivity contribution in [3.8, 4) is 0 Å². The highest BCUT2D eigenvalue weighted by molar-refractivity contribution is 5.46. The molecular formula is C14H21F3N4. The Bertz CT molecular complexity index is 470. The third-order valence-electron chi connectivity index (χ3n) is 3.77. The summed E-state index contributed by atoms with van der Waals surface area (Å²) in [5.41, 5.74) is -0.893. The standard InChI is InChI=1S/C14H21F3N4/c1-3-8-18-13-19-11(14(15,16)17)9-12(20-13)21(2)10-6-4-5-7-10/h9-10H,3-8H2,1-2H3,(H,18,19,20). The summed E-state index contributed by atoms with van der Waals surface area (Å²) >= 11 is 0. The van der Waals surface area contributed by atoms with Crippen molar-refractivity contribution in [1.29, 1.82) is 0 Å². The molecule has 0 atom stereocenters. The van der Waals surface area contributed by atoms with E-state index in [-0.39, 0.29) is 12.0 Å². The molecule has 0 amide bonds.